The number of fused-ring (bicyclic) bond motifs is 1. The predicted molar refractivity (Wildman–Crippen MR) is 70.3 cm³/mol. The van der Waals surface area contributed by atoms with E-state index in [-0.39, 0.29) is 11.9 Å². The molecule has 0 unspecified atom stereocenters. The van der Waals surface area contributed by atoms with Gasteiger partial charge in [0.05, 0.1) is 29.6 Å². The Morgan fingerprint density at radius 2 is 2.22 bits per heavy atom. The summed E-state index contributed by atoms with van der Waals surface area (Å²) in [6.07, 6.45) is 0.191. The molecule has 1 aromatic carbocycles. The van der Waals surface area contributed by atoms with E-state index >= 15 is 0 Å². The van der Waals surface area contributed by atoms with E-state index in [1.807, 2.05) is 18.4 Å². The molecule has 2 aromatic rings. The number of hydrogen-bond acceptors (Lipinski definition) is 2. The Labute approximate surface area is 111 Å². The Bertz CT molecular complexity index is 539. The van der Waals surface area contributed by atoms with Gasteiger partial charge in [0.2, 0.25) is 0 Å². The SMILES string of the molecule is CC(C)OCCn1c(CCl)nc2cc(F)ccc21. The van der Waals surface area contributed by atoms with Gasteiger partial charge in [-0.3, -0.25) is 0 Å². The van der Waals surface area contributed by atoms with Crippen molar-refractivity contribution in [3.05, 3.63) is 29.8 Å². The summed E-state index contributed by atoms with van der Waals surface area (Å²) in [5.74, 6) is 0.758. The monoisotopic (exact) mass is 270 g/mol. The molecule has 0 aliphatic rings. The zero-order chi connectivity index (χ0) is 13.1. The predicted octanol–water partition coefficient (Wildman–Crippen LogP) is 3.34. The van der Waals surface area contributed by atoms with E-state index in [0.29, 0.717) is 24.5 Å². The number of rotatable bonds is 5. The molecule has 0 radical (unpaired) electrons. The quantitative estimate of drug-likeness (QED) is 0.779. The fourth-order valence-electron chi connectivity index (χ4n) is 1.88. The highest BCUT2D eigenvalue weighted by Crippen LogP contribution is 2.18. The van der Waals surface area contributed by atoms with Crippen LogP contribution in [0, 0.1) is 5.82 Å². The molecule has 0 bridgehead atoms. The molecule has 0 N–H and O–H groups in total. The van der Waals surface area contributed by atoms with Gasteiger partial charge in [0.1, 0.15) is 11.6 Å². The molecule has 2 rings (SSSR count). The molecule has 3 nitrogen and oxygen atoms in total. The first-order valence-corrected chi connectivity index (χ1v) is 6.47. The third kappa shape index (κ3) is 2.82. The highest BCUT2D eigenvalue weighted by atomic mass is 35.5. The lowest BCUT2D eigenvalue weighted by Crippen LogP contribution is -2.12. The molecule has 0 atom stereocenters. The lowest BCUT2D eigenvalue weighted by molar-refractivity contribution is 0.0729. The van der Waals surface area contributed by atoms with Crippen LogP contribution in [0.3, 0.4) is 0 Å². The molecule has 1 heterocycles. The van der Waals surface area contributed by atoms with Crippen LogP contribution in [0.5, 0.6) is 0 Å². The highest BCUT2D eigenvalue weighted by molar-refractivity contribution is 6.16. The number of imidazole rings is 1. The molecular formula is C13H16ClFN2O. The van der Waals surface area contributed by atoms with Gasteiger partial charge in [0.15, 0.2) is 0 Å². The van der Waals surface area contributed by atoms with Crippen molar-refractivity contribution in [2.45, 2.75) is 32.4 Å². The molecule has 5 heteroatoms. The molecule has 0 saturated heterocycles. The normalized spacial score (nSPS) is 11.6. The minimum atomic E-state index is -0.285. The first kappa shape index (κ1) is 13.3. The molecule has 18 heavy (non-hydrogen) atoms. The maximum absolute atomic E-state index is 13.1. The maximum atomic E-state index is 13.1. The molecule has 0 aliphatic carbocycles. The second-order valence-electron chi connectivity index (χ2n) is 4.37. The first-order chi connectivity index (χ1) is 8.61. The van der Waals surface area contributed by atoms with E-state index in [9.17, 15) is 4.39 Å². The Kier molecular flexibility index (Phi) is 4.19. The zero-order valence-corrected chi connectivity index (χ0v) is 11.2. The van der Waals surface area contributed by atoms with Crippen molar-refractivity contribution in [1.82, 2.24) is 9.55 Å². The first-order valence-electron chi connectivity index (χ1n) is 5.94. The fourth-order valence-corrected chi connectivity index (χ4v) is 2.09. The largest absolute Gasteiger partial charge is 0.377 e. The lowest BCUT2D eigenvalue weighted by atomic mass is 10.3. The number of benzene rings is 1. The smallest absolute Gasteiger partial charge is 0.125 e. The molecule has 0 spiro atoms. The second-order valence-corrected chi connectivity index (χ2v) is 4.63. The molecule has 0 fully saturated rings. The van der Waals surface area contributed by atoms with E-state index in [4.69, 9.17) is 16.3 Å². The third-order valence-electron chi connectivity index (χ3n) is 2.67. The maximum Gasteiger partial charge on any atom is 0.125 e. The van der Waals surface area contributed by atoms with E-state index in [2.05, 4.69) is 4.98 Å². The lowest BCUT2D eigenvalue weighted by Gasteiger charge is -2.10. The van der Waals surface area contributed by atoms with Crippen LogP contribution in [0.4, 0.5) is 4.39 Å². The van der Waals surface area contributed by atoms with Crippen molar-refractivity contribution in [3.63, 3.8) is 0 Å². The van der Waals surface area contributed by atoms with Crippen LogP contribution in [0.15, 0.2) is 18.2 Å². The summed E-state index contributed by atoms with van der Waals surface area (Å²) in [5.41, 5.74) is 1.52. The van der Waals surface area contributed by atoms with Gasteiger partial charge in [-0.2, -0.15) is 0 Å². The molecular weight excluding hydrogens is 255 g/mol. The van der Waals surface area contributed by atoms with Crippen LogP contribution in [-0.2, 0) is 17.2 Å². The third-order valence-corrected chi connectivity index (χ3v) is 2.91. The Morgan fingerprint density at radius 3 is 2.89 bits per heavy atom. The zero-order valence-electron chi connectivity index (χ0n) is 10.5. The number of aromatic nitrogens is 2. The van der Waals surface area contributed by atoms with Gasteiger partial charge in [-0.1, -0.05) is 0 Å². The Balaban J connectivity index is 2.29. The number of ether oxygens (including phenoxy) is 1. The fraction of sp³-hybridized carbons (Fsp3) is 0.462. The van der Waals surface area contributed by atoms with Crippen molar-refractivity contribution >= 4 is 22.6 Å². The number of nitrogens with zero attached hydrogens (tertiary/aromatic N) is 2. The summed E-state index contributed by atoms with van der Waals surface area (Å²) in [4.78, 5) is 4.33. The van der Waals surface area contributed by atoms with Crippen LogP contribution in [0.1, 0.15) is 19.7 Å². The Hall–Kier alpha value is -1.13. The van der Waals surface area contributed by atoms with Crippen molar-refractivity contribution in [2.75, 3.05) is 6.61 Å². The minimum absolute atomic E-state index is 0.191. The van der Waals surface area contributed by atoms with Crippen molar-refractivity contribution in [2.24, 2.45) is 0 Å². The average Bonchev–Trinajstić information content (AvgIpc) is 2.66. The molecule has 98 valence electrons. The number of halogens is 2. The van der Waals surface area contributed by atoms with Gasteiger partial charge in [-0.05, 0) is 26.0 Å². The van der Waals surface area contributed by atoms with Gasteiger partial charge in [-0.15, -0.1) is 11.6 Å². The van der Waals surface area contributed by atoms with Crippen LogP contribution < -0.4 is 0 Å². The van der Waals surface area contributed by atoms with Gasteiger partial charge < -0.3 is 9.30 Å². The van der Waals surface area contributed by atoms with Gasteiger partial charge in [-0.25, -0.2) is 9.37 Å². The van der Waals surface area contributed by atoms with Gasteiger partial charge in [0.25, 0.3) is 0 Å². The van der Waals surface area contributed by atoms with E-state index in [1.54, 1.807) is 6.07 Å². The minimum Gasteiger partial charge on any atom is -0.377 e. The van der Waals surface area contributed by atoms with Crippen molar-refractivity contribution in [3.8, 4) is 0 Å². The number of alkyl halides is 1. The second kappa shape index (κ2) is 5.67. The summed E-state index contributed by atoms with van der Waals surface area (Å²) < 4.78 is 20.6. The van der Waals surface area contributed by atoms with Crippen LogP contribution >= 0.6 is 11.6 Å². The molecule has 0 aliphatic heterocycles. The number of hydrogen-bond donors (Lipinski definition) is 0. The van der Waals surface area contributed by atoms with Crippen molar-refractivity contribution in [1.29, 1.82) is 0 Å². The van der Waals surface area contributed by atoms with Gasteiger partial charge in [0, 0.05) is 12.6 Å². The van der Waals surface area contributed by atoms with Crippen molar-refractivity contribution < 1.29 is 9.13 Å². The van der Waals surface area contributed by atoms with E-state index in [0.717, 1.165) is 11.3 Å². The topological polar surface area (TPSA) is 27.1 Å². The Morgan fingerprint density at radius 1 is 1.44 bits per heavy atom. The summed E-state index contributed by atoms with van der Waals surface area (Å²) >= 11 is 5.87. The van der Waals surface area contributed by atoms with Gasteiger partial charge >= 0.3 is 0 Å². The van der Waals surface area contributed by atoms with E-state index in [1.165, 1.54) is 12.1 Å². The summed E-state index contributed by atoms with van der Waals surface area (Å²) in [6, 6.07) is 4.58. The highest BCUT2D eigenvalue weighted by Gasteiger charge is 2.10. The van der Waals surface area contributed by atoms with Crippen LogP contribution in [0.2, 0.25) is 0 Å². The van der Waals surface area contributed by atoms with E-state index < -0.39 is 0 Å². The standard InChI is InChI=1S/C13H16ClFN2O/c1-9(2)18-6-5-17-12-4-3-10(15)7-11(12)16-13(17)8-14/h3-4,7,9H,5-6,8H2,1-2H3. The summed E-state index contributed by atoms with van der Waals surface area (Å²) in [6.45, 7) is 5.24. The molecule has 0 amide bonds. The van der Waals surface area contributed by atoms with Crippen LogP contribution in [0.25, 0.3) is 11.0 Å². The summed E-state index contributed by atoms with van der Waals surface area (Å²) in [5, 5.41) is 0. The van der Waals surface area contributed by atoms with Crippen LogP contribution in [-0.4, -0.2) is 22.3 Å². The average molecular weight is 271 g/mol. The molecule has 0 saturated carbocycles. The molecule has 1 aromatic heterocycles. The summed E-state index contributed by atoms with van der Waals surface area (Å²) in [7, 11) is 0.